The van der Waals surface area contributed by atoms with Crippen molar-refractivity contribution in [2.75, 3.05) is 6.54 Å². The summed E-state index contributed by atoms with van der Waals surface area (Å²) in [5, 5.41) is 2.97. The van der Waals surface area contributed by atoms with Crippen LogP contribution < -0.4 is 5.32 Å². The fourth-order valence-electron chi connectivity index (χ4n) is 1.40. The topological polar surface area (TPSA) is 12.0 Å². The second-order valence-corrected chi connectivity index (χ2v) is 3.91. The summed E-state index contributed by atoms with van der Waals surface area (Å²) in [7, 11) is 0. The standard InChI is InChI=1S/C9H8BrF2N/c10-5-1-2-6(11)8(9(5)12)7-3-4-13-7/h1-2,7,13H,3-4H2/t7-/m0/s1. The van der Waals surface area contributed by atoms with Crippen LogP contribution in [0.25, 0.3) is 0 Å². The first-order valence-corrected chi connectivity index (χ1v) is 4.86. The number of rotatable bonds is 1. The smallest absolute Gasteiger partial charge is 0.145 e. The molecule has 1 N–H and O–H groups in total. The maximum atomic E-state index is 13.4. The molecule has 1 aromatic rings. The largest absolute Gasteiger partial charge is 0.310 e. The van der Waals surface area contributed by atoms with Gasteiger partial charge in [-0.1, -0.05) is 0 Å². The lowest BCUT2D eigenvalue weighted by Gasteiger charge is -2.28. The van der Waals surface area contributed by atoms with Crippen molar-refractivity contribution in [3.05, 3.63) is 33.8 Å². The van der Waals surface area contributed by atoms with Crippen LogP contribution in [0.3, 0.4) is 0 Å². The van der Waals surface area contributed by atoms with Crippen LogP contribution in [-0.4, -0.2) is 6.54 Å². The SMILES string of the molecule is Fc1ccc(Br)c(F)c1[C@@H]1CCN1. The summed E-state index contributed by atoms with van der Waals surface area (Å²) in [5.41, 5.74) is 0.153. The summed E-state index contributed by atoms with van der Waals surface area (Å²) in [6, 6.07) is 2.51. The Labute approximate surface area is 83.3 Å². The predicted molar refractivity (Wildman–Crippen MR) is 49.4 cm³/mol. The van der Waals surface area contributed by atoms with Gasteiger partial charge in [-0.15, -0.1) is 0 Å². The van der Waals surface area contributed by atoms with Gasteiger partial charge in [-0.2, -0.15) is 0 Å². The van der Waals surface area contributed by atoms with Crippen LogP contribution in [0.5, 0.6) is 0 Å². The predicted octanol–water partition coefficient (Wildman–Crippen LogP) is 2.76. The molecule has 1 atom stereocenters. The van der Waals surface area contributed by atoms with Crippen molar-refractivity contribution in [3.63, 3.8) is 0 Å². The summed E-state index contributed by atoms with van der Waals surface area (Å²) in [4.78, 5) is 0. The lowest BCUT2D eigenvalue weighted by molar-refractivity contribution is 0.355. The Bertz CT molecular complexity index is 337. The van der Waals surface area contributed by atoms with Gasteiger partial charge in [-0.25, -0.2) is 8.78 Å². The average Bonchev–Trinajstić information content (AvgIpc) is 2.02. The normalized spacial score (nSPS) is 21.3. The number of halogens is 3. The molecule has 0 aliphatic carbocycles. The van der Waals surface area contributed by atoms with E-state index in [1.807, 2.05) is 0 Å². The molecule has 0 bridgehead atoms. The van der Waals surface area contributed by atoms with Crippen molar-refractivity contribution >= 4 is 15.9 Å². The van der Waals surface area contributed by atoms with Crippen molar-refractivity contribution in [1.29, 1.82) is 0 Å². The van der Waals surface area contributed by atoms with E-state index in [4.69, 9.17) is 0 Å². The van der Waals surface area contributed by atoms with E-state index in [1.54, 1.807) is 0 Å². The van der Waals surface area contributed by atoms with Gasteiger partial charge in [0.25, 0.3) is 0 Å². The second-order valence-electron chi connectivity index (χ2n) is 3.05. The molecule has 0 radical (unpaired) electrons. The third-order valence-corrected chi connectivity index (χ3v) is 2.86. The molecule has 1 nitrogen and oxygen atoms in total. The minimum Gasteiger partial charge on any atom is -0.310 e. The van der Waals surface area contributed by atoms with E-state index < -0.39 is 11.6 Å². The zero-order valence-electron chi connectivity index (χ0n) is 6.78. The van der Waals surface area contributed by atoms with Crippen molar-refractivity contribution in [1.82, 2.24) is 5.32 Å². The molecule has 1 heterocycles. The van der Waals surface area contributed by atoms with Crippen LogP contribution >= 0.6 is 15.9 Å². The first-order valence-electron chi connectivity index (χ1n) is 4.07. The van der Waals surface area contributed by atoms with E-state index in [9.17, 15) is 8.78 Å². The second kappa shape index (κ2) is 3.35. The van der Waals surface area contributed by atoms with Gasteiger partial charge < -0.3 is 5.32 Å². The van der Waals surface area contributed by atoms with Gasteiger partial charge in [-0.3, -0.25) is 0 Å². The van der Waals surface area contributed by atoms with E-state index in [2.05, 4.69) is 21.2 Å². The number of hydrogen-bond acceptors (Lipinski definition) is 1. The fourth-order valence-corrected chi connectivity index (χ4v) is 1.74. The molecule has 0 unspecified atom stereocenters. The molecule has 2 rings (SSSR count). The maximum absolute atomic E-state index is 13.4. The molecule has 70 valence electrons. The molecule has 4 heteroatoms. The van der Waals surface area contributed by atoms with E-state index in [-0.39, 0.29) is 11.6 Å². The molecule has 1 aromatic carbocycles. The average molecular weight is 248 g/mol. The highest BCUT2D eigenvalue weighted by atomic mass is 79.9. The summed E-state index contributed by atoms with van der Waals surface area (Å²) < 4.78 is 26.9. The fraction of sp³-hybridized carbons (Fsp3) is 0.333. The monoisotopic (exact) mass is 247 g/mol. The minimum atomic E-state index is -0.489. The van der Waals surface area contributed by atoms with Crippen molar-refractivity contribution in [2.24, 2.45) is 0 Å². The zero-order valence-corrected chi connectivity index (χ0v) is 8.37. The van der Waals surface area contributed by atoms with Gasteiger partial charge in [0.05, 0.1) is 4.47 Å². The lowest BCUT2D eigenvalue weighted by atomic mass is 9.97. The maximum Gasteiger partial charge on any atom is 0.145 e. The summed E-state index contributed by atoms with van der Waals surface area (Å²) >= 11 is 3.03. The molecular formula is C9H8BrF2N. The highest BCUT2D eigenvalue weighted by Gasteiger charge is 2.26. The summed E-state index contributed by atoms with van der Waals surface area (Å²) in [6.07, 6.45) is 0.796. The van der Waals surface area contributed by atoms with Gasteiger partial charge in [0.2, 0.25) is 0 Å². The molecule has 13 heavy (non-hydrogen) atoms. The van der Waals surface area contributed by atoms with Crippen LogP contribution in [0.4, 0.5) is 8.78 Å². The molecule has 1 fully saturated rings. The highest BCUT2D eigenvalue weighted by molar-refractivity contribution is 9.10. The number of benzene rings is 1. The van der Waals surface area contributed by atoms with E-state index in [0.29, 0.717) is 4.47 Å². The van der Waals surface area contributed by atoms with Crippen LogP contribution in [0.15, 0.2) is 16.6 Å². The Hall–Kier alpha value is -0.480. The minimum absolute atomic E-state index is 0.153. The molecule has 0 aromatic heterocycles. The molecular weight excluding hydrogens is 240 g/mol. The van der Waals surface area contributed by atoms with Crippen molar-refractivity contribution < 1.29 is 8.78 Å². The van der Waals surface area contributed by atoms with Crippen LogP contribution in [0.2, 0.25) is 0 Å². The molecule has 1 saturated heterocycles. The van der Waals surface area contributed by atoms with Crippen LogP contribution in [0, 0.1) is 11.6 Å². The van der Waals surface area contributed by atoms with Crippen molar-refractivity contribution in [2.45, 2.75) is 12.5 Å². The summed E-state index contributed by atoms with van der Waals surface area (Å²) in [5.74, 6) is -0.963. The van der Waals surface area contributed by atoms with E-state index in [1.165, 1.54) is 12.1 Å². The third-order valence-electron chi connectivity index (χ3n) is 2.25. The lowest BCUT2D eigenvalue weighted by Crippen LogP contribution is -2.36. The van der Waals surface area contributed by atoms with E-state index >= 15 is 0 Å². The van der Waals surface area contributed by atoms with E-state index in [0.717, 1.165) is 13.0 Å². The van der Waals surface area contributed by atoms with Crippen LogP contribution in [-0.2, 0) is 0 Å². The van der Waals surface area contributed by atoms with Gasteiger partial charge in [-0.05, 0) is 41.0 Å². The molecule has 0 spiro atoms. The third kappa shape index (κ3) is 1.48. The molecule has 1 aliphatic rings. The first-order chi connectivity index (χ1) is 6.20. The quantitative estimate of drug-likeness (QED) is 0.753. The molecule has 0 saturated carbocycles. The molecule has 1 aliphatic heterocycles. The first kappa shape index (κ1) is 9.09. The number of nitrogens with one attached hydrogen (secondary N) is 1. The van der Waals surface area contributed by atoms with Gasteiger partial charge in [0.15, 0.2) is 0 Å². The highest BCUT2D eigenvalue weighted by Crippen LogP contribution is 2.31. The Morgan fingerprint density at radius 2 is 2.08 bits per heavy atom. The van der Waals surface area contributed by atoms with Crippen LogP contribution in [0.1, 0.15) is 18.0 Å². The van der Waals surface area contributed by atoms with Gasteiger partial charge >= 0.3 is 0 Å². The molecule has 0 amide bonds. The van der Waals surface area contributed by atoms with Gasteiger partial charge in [0.1, 0.15) is 11.6 Å². The zero-order chi connectivity index (χ0) is 9.42. The Kier molecular flexibility index (Phi) is 2.34. The Morgan fingerprint density at radius 1 is 1.38 bits per heavy atom. The Morgan fingerprint density at radius 3 is 2.62 bits per heavy atom. The van der Waals surface area contributed by atoms with Gasteiger partial charge in [0, 0.05) is 11.6 Å². The summed E-state index contributed by atoms with van der Waals surface area (Å²) in [6.45, 7) is 0.829. The van der Waals surface area contributed by atoms with Crippen molar-refractivity contribution in [3.8, 4) is 0 Å². The number of hydrogen-bond donors (Lipinski definition) is 1. The Balaban J connectivity index is 2.46.